The van der Waals surface area contributed by atoms with Crippen molar-refractivity contribution in [2.75, 3.05) is 30.0 Å². The molecule has 1 heterocycles. The SMILES string of the molecule is CNCc1ccc(N2CCS(=O)(=O)CC2C)c(F)c1. The van der Waals surface area contributed by atoms with E-state index in [0.717, 1.165) is 5.56 Å². The molecule has 1 aromatic rings. The van der Waals surface area contributed by atoms with Crippen LogP contribution in [0.3, 0.4) is 0 Å². The third kappa shape index (κ3) is 3.25. The van der Waals surface area contributed by atoms with E-state index < -0.39 is 9.84 Å². The third-order valence-corrected chi connectivity index (χ3v) is 5.17. The summed E-state index contributed by atoms with van der Waals surface area (Å²) in [6, 6.07) is 4.91. The van der Waals surface area contributed by atoms with Crippen LogP contribution in [0.15, 0.2) is 18.2 Å². The van der Waals surface area contributed by atoms with Crippen molar-refractivity contribution in [2.45, 2.75) is 19.5 Å². The Morgan fingerprint density at radius 1 is 1.47 bits per heavy atom. The second-order valence-corrected chi connectivity index (χ2v) is 7.20. The van der Waals surface area contributed by atoms with Crippen molar-refractivity contribution in [1.82, 2.24) is 5.32 Å². The fourth-order valence-corrected chi connectivity index (χ4v) is 4.01. The quantitative estimate of drug-likeness (QED) is 0.906. The van der Waals surface area contributed by atoms with Gasteiger partial charge in [-0.1, -0.05) is 6.07 Å². The van der Waals surface area contributed by atoms with Gasteiger partial charge in [-0.05, 0) is 31.7 Å². The molecule has 4 nitrogen and oxygen atoms in total. The highest BCUT2D eigenvalue weighted by Crippen LogP contribution is 2.25. The Kier molecular flexibility index (Phi) is 4.10. The number of sulfone groups is 1. The highest BCUT2D eigenvalue weighted by Gasteiger charge is 2.29. The molecule has 0 spiro atoms. The Morgan fingerprint density at radius 3 is 2.79 bits per heavy atom. The molecule has 1 N–H and O–H groups in total. The van der Waals surface area contributed by atoms with Gasteiger partial charge in [0.05, 0.1) is 17.2 Å². The molecule has 19 heavy (non-hydrogen) atoms. The number of nitrogens with zero attached hydrogens (tertiary/aromatic N) is 1. The molecule has 0 aromatic heterocycles. The number of hydrogen-bond donors (Lipinski definition) is 1. The van der Waals surface area contributed by atoms with Crippen molar-refractivity contribution in [2.24, 2.45) is 0 Å². The van der Waals surface area contributed by atoms with Gasteiger partial charge in [-0.15, -0.1) is 0 Å². The zero-order valence-electron chi connectivity index (χ0n) is 11.2. The van der Waals surface area contributed by atoms with Gasteiger partial charge in [0.2, 0.25) is 0 Å². The van der Waals surface area contributed by atoms with E-state index in [1.165, 1.54) is 6.07 Å². The summed E-state index contributed by atoms with van der Waals surface area (Å²) in [5.74, 6) is -0.112. The molecule has 1 aliphatic rings. The van der Waals surface area contributed by atoms with Crippen LogP contribution >= 0.6 is 0 Å². The lowest BCUT2D eigenvalue weighted by atomic mass is 10.1. The normalized spacial score (nSPS) is 22.5. The molecular weight excluding hydrogens is 267 g/mol. The minimum absolute atomic E-state index is 0.0880. The summed E-state index contributed by atoms with van der Waals surface area (Å²) in [5.41, 5.74) is 1.36. The van der Waals surface area contributed by atoms with E-state index in [4.69, 9.17) is 0 Å². The average Bonchev–Trinajstić information content (AvgIpc) is 2.30. The Morgan fingerprint density at radius 2 is 2.21 bits per heavy atom. The summed E-state index contributed by atoms with van der Waals surface area (Å²) in [5, 5.41) is 2.97. The fraction of sp³-hybridized carbons (Fsp3) is 0.538. The van der Waals surface area contributed by atoms with E-state index >= 15 is 0 Å². The number of benzene rings is 1. The molecule has 1 atom stereocenters. The van der Waals surface area contributed by atoms with Crippen LogP contribution < -0.4 is 10.2 Å². The number of nitrogens with one attached hydrogen (secondary N) is 1. The van der Waals surface area contributed by atoms with E-state index in [-0.39, 0.29) is 23.4 Å². The van der Waals surface area contributed by atoms with Crippen LogP contribution in [0.25, 0.3) is 0 Å². The predicted octanol–water partition coefficient (Wildman–Crippen LogP) is 1.17. The lowest BCUT2D eigenvalue weighted by molar-refractivity contribution is 0.558. The molecule has 0 aliphatic carbocycles. The second kappa shape index (κ2) is 5.46. The van der Waals surface area contributed by atoms with Crippen molar-refractivity contribution >= 4 is 15.5 Å². The van der Waals surface area contributed by atoms with Crippen molar-refractivity contribution in [3.8, 4) is 0 Å². The van der Waals surface area contributed by atoms with E-state index in [0.29, 0.717) is 18.8 Å². The molecular formula is C13H19FN2O2S. The first-order valence-corrected chi connectivity index (χ1v) is 8.15. The van der Waals surface area contributed by atoms with E-state index in [1.54, 1.807) is 6.07 Å². The van der Waals surface area contributed by atoms with Crippen LogP contribution in [-0.2, 0) is 16.4 Å². The molecule has 1 saturated heterocycles. The zero-order valence-corrected chi connectivity index (χ0v) is 12.0. The highest BCUT2D eigenvalue weighted by molar-refractivity contribution is 7.91. The average molecular weight is 286 g/mol. The lowest BCUT2D eigenvalue weighted by Crippen LogP contribution is -2.47. The molecule has 0 saturated carbocycles. The van der Waals surface area contributed by atoms with Crippen molar-refractivity contribution in [3.05, 3.63) is 29.6 Å². The maximum absolute atomic E-state index is 14.1. The molecule has 1 aromatic carbocycles. The first-order valence-electron chi connectivity index (χ1n) is 6.33. The minimum Gasteiger partial charge on any atom is -0.364 e. The molecule has 106 valence electrons. The molecule has 1 unspecified atom stereocenters. The lowest BCUT2D eigenvalue weighted by Gasteiger charge is -2.35. The second-order valence-electron chi connectivity index (χ2n) is 4.97. The zero-order chi connectivity index (χ0) is 14.0. The van der Waals surface area contributed by atoms with Gasteiger partial charge in [0.25, 0.3) is 0 Å². The summed E-state index contributed by atoms with van der Waals surface area (Å²) < 4.78 is 37.2. The molecule has 0 radical (unpaired) electrons. The molecule has 1 fully saturated rings. The topological polar surface area (TPSA) is 49.4 Å². The van der Waals surface area contributed by atoms with Gasteiger partial charge in [-0.3, -0.25) is 0 Å². The van der Waals surface area contributed by atoms with E-state index in [2.05, 4.69) is 5.32 Å². The number of halogens is 1. The van der Waals surface area contributed by atoms with Crippen molar-refractivity contribution < 1.29 is 12.8 Å². The number of anilines is 1. The van der Waals surface area contributed by atoms with Gasteiger partial charge in [-0.25, -0.2) is 12.8 Å². The highest BCUT2D eigenvalue weighted by atomic mass is 32.2. The standard InChI is InChI=1S/C13H19FN2O2S/c1-10-9-19(17,18)6-5-16(10)13-4-3-11(8-15-2)7-12(13)14/h3-4,7,10,15H,5-6,8-9H2,1-2H3. The van der Waals surface area contributed by atoms with Crippen LogP contribution in [0, 0.1) is 5.82 Å². The summed E-state index contributed by atoms with van der Waals surface area (Å²) in [7, 11) is -1.17. The van der Waals surface area contributed by atoms with E-state index in [1.807, 2.05) is 24.9 Å². The van der Waals surface area contributed by atoms with Gasteiger partial charge < -0.3 is 10.2 Å². The maximum Gasteiger partial charge on any atom is 0.154 e. The Hall–Kier alpha value is -1.14. The largest absolute Gasteiger partial charge is 0.364 e. The Labute approximate surface area is 113 Å². The van der Waals surface area contributed by atoms with Crippen LogP contribution in [-0.4, -0.2) is 39.6 Å². The summed E-state index contributed by atoms with van der Waals surface area (Å²) >= 11 is 0. The summed E-state index contributed by atoms with van der Waals surface area (Å²) in [4.78, 5) is 1.83. The van der Waals surface area contributed by atoms with Gasteiger partial charge in [0, 0.05) is 19.1 Å². The van der Waals surface area contributed by atoms with Crippen LogP contribution in [0.4, 0.5) is 10.1 Å². The first-order chi connectivity index (χ1) is 8.93. The Bertz CT molecular complexity index is 560. The van der Waals surface area contributed by atoms with Gasteiger partial charge in [0.1, 0.15) is 5.82 Å². The fourth-order valence-electron chi connectivity index (χ4n) is 2.45. The first kappa shape index (κ1) is 14.3. The van der Waals surface area contributed by atoms with Crippen molar-refractivity contribution in [3.63, 3.8) is 0 Å². The molecule has 2 rings (SSSR count). The van der Waals surface area contributed by atoms with E-state index in [9.17, 15) is 12.8 Å². The van der Waals surface area contributed by atoms with Gasteiger partial charge >= 0.3 is 0 Å². The smallest absolute Gasteiger partial charge is 0.154 e. The number of hydrogen-bond acceptors (Lipinski definition) is 4. The Balaban J connectivity index is 2.23. The predicted molar refractivity (Wildman–Crippen MR) is 74.6 cm³/mol. The third-order valence-electron chi connectivity index (χ3n) is 3.37. The molecule has 0 bridgehead atoms. The van der Waals surface area contributed by atoms with Gasteiger partial charge in [0.15, 0.2) is 9.84 Å². The molecule has 0 amide bonds. The monoisotopic (exact) mass is 286 g/mol. The van der Waals surface area contributed by atoms with Crippen molar-refractivity contribution in [1.29, 1.82) is 0 Å². The number of rotatable bonds is 3. The molecule has 6 heteroatoms. The maximum atomic E-state index is 14.1. The summed E-state index contributed by atoms with van der Waals surface area (Å²) in [6.45, 7) is 2.78. The summed E-state index contributed by atoms with van der Waals surface area (Å²) in [6.07, 6.45) is 0. The van der Waals surface area contributed by atoms with Gasteiger partial charge in [-0.2, -0.15) is 0 Å². The van der Waals surface area contributed by atoms with Crippen LogP contribution in [0.5, 0.6) is 0 Å². The van der Waals surface area contributed by atoms with Crippen LogP contribution in [0.2, 0.25) is 0 Å². The minimum atomic E-state index is -2.98. The van der Waals surface area contributed by atoms with Crippen LogP contribution in [0.1, 0.15) is 12.5 Å². The molecule has 1 aliphatic heterocycles.